The molecule has 2 atom stereocenters. The topological polar surface area (TPSA) is 41.1 Å². The Bertz CT molecular complexity index is 402. The highest BCUT2D eigenvalue weighted by Crippen LogP contribution is 2.16. The Hall–Kier alpha value is -1.42. The molecule has 4 heteroatoms. The van der Waals surface area contributed by atoms with Crippen molar-refractivity contribution in [1.29, 1.82) is 0 Å². The van der Waals surface area contributed by atoms with E-state index in [9.17, 15) is 9.18 Å². The summed E-state index contributed by atoms with van der Waals surface area (Å²) in [7, 11) is 0. The summed E-state index contributed by atoms with van der Waals surface area (Å²) in [5.74, 6) is -0.321. The number of nitrogens with one attached hydrogen (secondary N) is 2. The minimum Gasteiger partial charge on any atom is -0.348 e. The molecule has 1 heterocycles. The van der Waals surface area contributed by atoms with Crippen molar-refractivity contribution in [2.24, 2.45) is 0 Å². The van der Waals surface area contributed by atoms with Crippen LogP contribution >= 0.6 is 0 Å². The van der Waals surface area contributed by atoms with E-state index in [1.165, 1.54) is 6.07 Å². The summed E-state index contributed by atoms with van der Waals surface area (Å²) in [6.07, 6.45) is 1.88. The normalized spacial score (nSPS) is 21.2. The van der Waals surface area contributed by atoms with Gasteiger partial charge in [0, 0.05) is 5.56 Å². The van der Waals surface area contributed by atoms with E-state index < -0.39 is 0 Å². The van der Waals surface area contributed by atoms with Crippen molar-refractivity contribution in [2.75, 3.05) is 6.54 Å². The quantitative estimate of drug-likeness (QED) is 0.839. The van der Waals surface area contributed by atoms with Crippen LogP contribution in [0.1, 0.15) is 31.4 Å². The number of hydrogen-bond acceptors (Lipinski definition) is 2. The zero-order valence-electron chi connectivity index (χ0n) is 9.87. The number of carbonyl (C=O) groups is 1. The number of hydrogen-bond donors (Lipinski definition) is 2. The van der Waals surface area contributed by atoms with Gasteiger partial charge in [-0.1, -0.05) is 18.2 Å². The zero-order chi connectivity index (χ0) is 12.3. The van der Waals surface area contributed by atoms with Crippen LogP contribution in [0.4, 0.5) is 4.39 Å². The lowest BCUT2D eigenvalue weighted by molar-refractivity contribution is -0.123. The van der Waals surface area contributed by atoms with Crippen LogP contribution in [0.25, 0.3) is 0 Å². The molecule has 1 saturated heterocycles. The van der Waals surface area contributed by atoms with Gasteiger partial charge < -0.3 is 10.6 Å². The SMILES string of the molecule is CC(NC(=O)[C@H]1CCCN1)c1ccccc1F. The van der Waals surface area contributed by atoms with E-state index in [1.807, 2.05) is 0 Å². The summed E-state index contributed by atoms with van der Waals surface area (Å²) >= 11 is 0. The van der Waals surface area contributed by atoms with Gasteiger partial charge in [-0.3, -0.25) is 4.79 Å². The van der Waals surface area contributed by atoms with Crippen LogP contribution in [-0.2, 0) is 4.79 Å². The fourth-order valence-corrected chi connectivity index (χ4v) is 2.13. The molecule has 0 radical (unpaired) electrons. The van der Waals surface area contributed by atoms with Gasteiger partial charge in [0.05, 0.1) is 12.1 Å². The summed E-state index contributed by atoms with van der Waals surface area (Å²) in [5.41, 5.74) is 0.527. The summed E-state index contributed by atoms with van der Waals surface area (Å²) < 4.78 is 13.5. The monoisotopic (exact) mass is 236 g/mol. The first kappa shape index (κ1) is 12.0. The minimum atomic E-state index is -0.300. The predicted molar refractivity (Wildman–Crippen MR) is 64.0 cm³/mol. The van der Waals surface area contributed by atoms with Crippen LogP contribution in [0.2, 0.25) is 0 Å². The molecule has 0 saturated carbocycles. The largest absolute Gasteiger partial charge is 0.348 e. The van der Waals surface area contributed by atoms with Crippen LogP contribution in [0.3, 0.4) is 0 Å². The van der Waals surface area contributed by atoms with Gasteiger partial charge in [-0.05, 0) is 32.4 Å². The maximum Gasteiger partial charge on any atom is 0.237 e. The number of halogens is 1. The fourth-order valence-electron chi connectivity index (χ4n) is 2.13. The van der Waals surface area contributed by atoms with E-state index in [0.29, 0.717) is 5.56 Å². The molecule has 1 amide bonds. The lowest BCUT2D eigenvalue weighted by Crippen LogP contribution is -2.41. The number of rotatable bonds is 3. The number of amides is 1. The van der Waals surface area contributed by atoms with E-state index in [2.05, 4.69) is 10.6 Å². The fraction of sp³-hybridized carbons (Fsp3) is 0.462. The Morgan fingerprint density at radius 2 is 2.29 bits per heavy atom. The van der Waals surface area contributed by atoms with Gasteiger partial charge in [-0.2, -0.15) is 0 Å². The van der Waals surface area contributed by atoms with Crippen LogP contribution in [-0.4, -0.2) is 18.5 Å². The van der Waals surface area contributed by atoms with E-state index in [-0.39, 0.29) is 23.8 Å². The number of carbonyl (C=O) groups excluding carboxylic acids is 1. The summed E-state index contributed by atoms with van der Waals surface area (Å²) in [5, 5.41) is 5.96. The van der Waals surface area contributed by atoms with Gasteiger partial charge in [0.2, 0.25) is 5.91 Å². The molecule has 2 rings (SSSR count). The van der Waals surface area contributed by atoms with Gasteiger partial charge in [-0.25, -0.2) is 4.39 Å². The van der Waals surface area contributed by atoms with Gasteiger partial charge in [0.25, 0.3) is 0 Å². The Kier molecular flexibility index (Phi) is 3.74. The molecule has 17 heavy (non-hydrogen) atoms. The maximum atomic E-state index is 13.5. The average molecular weight is 236 g/mol. The van der Waals surface area contributed by atoms with Gasteiger partial charge in [-0.15, -0.1) is 0 Å². The van der Waals surface area contributed by atoms with E-state index in [0.717, 1.165) is 19.4 Å². The van der Waals surface area contributed by atoms with Crippen molar-refractivity contribution in [3.05, 3.63) is 35.6 Å². The molecule has 1 aromatic rings. The molecular weight excluding hydrogens is 219 g/mol. The third-order valence-corrected chi connectivity index (χ3v) is 3.11. The third-order valence-electron chi connectivity index (χ3n) is 3.11. The van der Waals surface area contributed by atoms with Gasteiger partial charge in [0.15, 0.2) is 0 Å². The van der Waals surface area contributed by atoms with Gasteiger partial charge >= 0.3 is 0 Å². The molecule has 1 aliphatic rings. The highest BCUT2D eigenvalue weighted by molar-refractivity contribution is 5.82. The Morgan fingerprint density at radius 3 is 2.94 bits per heavy atom. The summed E-state index contributed by atoms with van der Waals surface area (Å²) in [4.78, 5) is 11.8. The first-order valence-corrected chi connectivity index (χ1v) is 5.96. The highest BCUT2D eigenvalue weighted by atomic mass is 19.1. The maximum absolute atomic E-state index is 13.5. The standard InChI is InChI=1S/C13H17FN2O/c1-9(10-5-2-3-6-11(10)14)16-13(17)12-7-4-8-15-12/h2-3,5-6,9,12,15H,4,7-8H2,1H3,(H,16,17)/t9?,12-/m1/s1. The second-order valence-electron chi connectivity index (χ2n) is 4.40. The molecule has 0 aliphatic carbocycles. The number of benzene rings is 1. The first-order chi connectivity index (χ1) is 8.18. The van der Waals surface area contributed by atoms with E-state index in [1.54, 1.807) is 25.1 Å². The van der Waals surface area contributed by atoms with Crippen molar-refractivity contribution in [3.63, 3.8) is 0 Å². The Balaban J connectivity index is 1.99. The Labute approximate surface area is 100 Å². The minimum absolute atomic E-state index is 0.0433. The second kappa shape index (κ2) is 5.27. The van der Waals surface area contributed by atoms with Crippen LogP contribution in [0.15, 0.2) is 24.3 Å². The second-order valence-corrected chi connectivity index (χ2v) is 4.40. The first-order valence-electron chi connectivity index (χ1n) is 5.96. The van der Waals surface area contributed by atoms with Crippen LogP contribution in [0, 0.1) is 5.82 Å². The average Bonchev–Trinajstić information content (AvgIpc) is 2.82. The van der Waals surface area contributed by atoms with Crippen molar-refractivity contribution in [1.82, 2.24) is 10.6 Å². The van der Waals surface area contributed by atoms with Crippen molar-refractivity contribution < 1.29 is 9.18 Å². The molecule has 1 aliphatic heterocycles. The van der Waals surface area contributed by atoms with Crippen molar-refractivity contribution in [3.8, 4) is 0 Å². The molecule has 0 aromatic heterocycles. The van der Waals surface area contributed by atoms with E-state index >= 15 is 0 Å². The lowest BCUT2D eigenvalue weighted by atomic mass is 10.1. The molecule has 2 N–H and O–H groups in total. The smallest absolute Gasteiger partial charge is 0.237 e. The molecule has 1 unspecified atom stereocenters. The third kappa shape index (κ3) is 2.82. The van der Waals surface area contributed by atoms with Gasteiger partial charge in [0.1, 0.15) is 5.82 Å². The molecule has 3 nitrogen and oxygen atoms in total. The molecule has 0 spiro atoms. The summed E-state index contributed by atoms with van der Waals surface area (Å²) in [6.45, 7) is 2.68. The van der Waals surface area contributed by atoms with Crippen LogP contribution in [0.5, 0.6) is 0 Å². The molecule has 0 bridgehead atoms. The van der Waals surface area contributed by atoms with Crippen molar-refractivity contribution >= 4 is 5.91 Å². The highest BCUT2D eigenvalue weighted by Gasteiger charge is 2.23. The molecule has 92 valence electrons. The zero-order valence-corrected chi connectivity index (χ0v) is 9.87. The summed E-state index contributed by atoms with van der Waals surface area (Å²) in [6, 6.07) is 6.10. The molecule has 1 aromatic carbocycles. The Morgan fingerprint density at radius 1 is 1.53 bits per heavy atom. The lowest BCUT2D eigenvalue weighted by Gasteiger charge is -2.18. The predicted octanol–water partition coefficient (Wildman–Crippen LogP) is 1.75. The van der Waals surface area contributed by atoms with Crippen molar-refractivity contribution in [2.45, 2.75) is 31.8 Å². The molecular formula is C13H17FN2O. The molecule has 1 fully saturated rings. The van der Waals surface area contributed by atoms with Crippen LogP contribution < -0.4 is 10.6 Å². The van der Waals surface area contributed by atoms with E-state index in [4.69, 9.17) is 0 Å².